The normalized spacial score (nSPS) is 10.8. The standard InChI is InChI=1S/C8H8Cl2O5S.Na.H/c9-6-1-2-8(7(10)5-6)14-3-4-15-16(11,12)13;;/h1-2,5H,3-4H2,(H,11,12,13);;. The summed E-state index contributed by atoms with van der Waals surface area (Å²) in [5.74, 6) is 0.352. The van der Waals surface area contributed by atoms with Gasteiger partial charge in [-0.2, -0.15) is 8.42 Å². The van der Waals surface area contributed by atoms with Crippen molar-refractivity contribution in [2.45, 2.75) is 0 Å². The molecule has 0 aromatic heterocycles. The van der Waals surface area contributed by atoms with Crippen molar-refractivity contribution in [2.75, 3.05) is 13.2 Å². The van der Waals surface area contributed by atoms with E-state index in [9.17, 15) is 8.42 Å². The molecule has 1 aromatic rings. The Morgan fingerprint density at radius 2 is 1.88 bits per heavy atom. The summed E-state index contributed by atoms with van der Waals surface area (Å²) in [6, 6.07) is 4.60. The maximum atomic E-state index is 10.2. The third-order valence-corrected chi connectivity index (χ3v) is 2.46. The molecular weight excluding hydrogens is 302 g/mol. The minimum atomic E-state index is -4.43. The van der Waals surface area contributed by atoms with Crippen molar-refractivity contribution in [2.24, 2.45) is 0 Å². The molecule has 0 fully saturated rings. The van der Waals surface area contributed by atoms with E-state index in [4.69, 9.17) is 32.5 Å². The molecule has 0 aliphatic carbocycles. The van der Waals surface area contributed by atoms with Crippen LogP contribution in [-0.2, 0) is 14.6 Å². The molecule has 0 bridgehead atoms. The topological polar surface area (TPSA) is 72.8 Å². The van der Waals surface area contributed by atoms with Gasteiger partial charge in [-0.3, -0.25) is 4.55 Å². The second-order valence-electron chi connectivity index (χ2n) is 2.67. The van der Waals surface area contributed by atoms with Crippen LogP contribution in [0.15, 0.2) is 18.2 Å². The molecule has 0 saturated carbocycles. The van der Waals surface area contributed by atoms with Crippen LogP contribution in [-0.4, -0.2) is 55.7 Å². The molecule has 92 valence electrons. The van der Waals surface area contributed by atoms with E-state index in [1.165, 1.54) is 12.1 Å². The number of hydrogen-bond donors (Lipinski definition) is 1. The van der Waals surface area contributed by atoms with Gasteiger partial charge in [0, 0.05) is 5.02 Å². The minimum absolute atomic E-state index is 0. The first-order chi connectivity index (χ1) is 7.38. The number of hydrogen-bond acceptors (Lipinski definition) is 4. The Hall–Kier alpha value is 0.470. The zero-order chi connectivity index (χ0) is 12.2. The fourth-order valence-corrected chi connectivity index (χ4v) is 1.62. The van der Waals surface area contributed by atoms with Gasteiger partial charge in [-0.1, -0.05) is 23.2 Å². The van der Waals surface area contributed by atoms with Gasteiger partial charge in [0.15, 0.2) is 0 Å². The zero-order valence-electron chi connectivity index (χ0n) is 7.89. The molecule has 0 spiro atoms. The van der Waals surface area contributed by atoms with Gasteiger partial charge in [-0.15, -0.1) is 0 Å². The second-order valence-corrected chi connectivity index (χ2v) is 4.61. The molecule has 1 aromatic carbocycles. The van der Waals surface area contributed by atoms with Crippen LogP contribution < -0.4 is 4.74 Å². The van der Waals surface area contributed by atoms with Gasteiger partial charge in [0.25, 0.3) is 0 Å². The molecule has 0 heterocycles. The van der Waals surface area contributed by atoms with E-state index in [1.54, 1.807) is 6.07 Å². The molecule has 1 rings (SSSR count). The first-order valence-corrected chi connectivity index (χ1v) is 6.20. The Kier molecular flexibility index (Phi) is 8.02. The zero-order valence-corrected chi connectivity index (χ0v) is 10.2. The van der Waals surface area contributed by atoms with Crippen LogP contribution in [0.3, 0.4) is 0 Å². The van der Waals surface area contributed by atoms with Gasteiger partial charge >= 0.3 is 40.0 Å². The van der Waals surface area contributed by atoms with E-state index in [-0.39, 0.29) is 42.8 Å². The molecule has 0 amide bonds. The van der Waals surface area contributed by atoms with Crippen LogP contribution in [0.2, 0.25) is 10.0 Å². The fourth-order valence-electron chi connectivity index (χ4n) is 0.883. The van der Waals surface area contributed by atoms with Gasteiger partial charge in [-0.25, -0.2) is 4.18 Å². The van der Waals surface area contributed by atoms with Gasteiger partial charge in [0.05, 0.1) is 5.02 Å². The first kappa shape index (κ1) is 17.5. The molecule has 0 atom stereocenters. The first-order valence-electron chi connectivity index (χ1n) is 4.08. The second kappa shape index (κ2) is 7.81. The van der Waals surface area contributed by atoms with E-state index in [2.05, 4.69) is 4.18 Å². The Balaban J connectivity index is 0.00000256. The molecule has 1 N–H and O–H groups in total. The third-order valence-electron chi connectivity index (χ3n) is 1.47. The van der Waals surface area contributed by atoms with E-state index in [1.807, 2.05) is 0 Å². The van der Waals surface area contributed by atoms with Crippen molar-refractivity contribution in [3.63, 3.8) is 0 Å². The summed E-state index contributed by atoms with van der Waals surface area (Å²) >= 11 is 11.4. The summed E-state index contributed by atoms with van der Waals surface area (Å²) in [4.78, 5) is 0. The number of ether oxygens (including phenoxy) is 1. The predicted molar refractivity (Wildman–Crippen MR) is 66.6 cm³/mol. The quantitative estimate of drug-likeness (QED) is 0.507. The van der Waals surface area contributed by atoms with Crippen molar-refractivity contribution in [1.82, 2.24) is 0 Å². The Labute approximate surface area is 131 Å². The molecule has 0 unspecified atom stereocenters. The molecule has 17 heavy (non-hydrogen) atoms. The maximum absolute atomic E-state index is 10.2. The van der Waals surface area contributed by atoms with Gasteiger partial charge < -0.3 is 4.74 Å². The van der Waals surface area contributed by atoms with Crippen molar-refractivity contribution < 1.29 is 21.9 Å². The monoisotopic (exact) mass is 310 g/mol. The number of halogens is 2. The Morgan fingerprint density at radius 3 is 2.41 bits per heavy atom. The molecule has 0 radical (unpaired) electrons. The van der Waals surface area contributed by atoms with Crippen LogP contribution in [0.5, 0.6) is 5.75 Å². The molecule has 0 saturated heterocycles. The summed E-state index contributed by atoms with van der Waals surface area (Å²) in [7, 11) is -4.43. The van der Waals surface area contributed by atoms with Gasteiger partial charge in [0.2, 0.25) is 0 Å². The summed E-state index contributed by atoms with van der Waals surface area (Å²) in [6.07, 6.45) is 0. The van der Waals surface area contributed by atoms with Crippen LogP contribution >= 0.6 is 23.2 Å². The third kappa shape index (κ3) is 7.48. The van der Waals surface area contributed by atoms with Crippen LogP contribution in [0.25, 0.3) is 0 Å². The average molecular weight is 311 g/mol. The number of rotatable bonds is 5. The van der Waals surface area contributed by atoms with Crippen molar-refractivity contribution in [3.05, 3.63) is 28.2 Å². The summed E-state index contributed by atoms with van der Waals surface area (Å²) in [5, 5.41) is 0.769. The fraction of sp³-hybridized carbons (Fsp3) is 0.250. The molecule has 0 aliphatic heterocycles. The van der Waals surface area contributed by atoms with E-state index in [0.29, 0.717) is 15.8 Å². The number of benzene rings is 1. The molecule has 9 heteroatoms. The van der Waals surface area contributed by atoms with E-state index in [0.717, 1.165) is 0 Å². The summed E-state index contributed by atoms with van der Waals surface area (Å²) in [5.41, 5.74) is 0. The Bertz CT molecular complexity index is 465. The van der Waals surface area contributed by atoms with Gasteiger partial charge in [0.1, 0.15) is 19.0 Å². The van der Waals surface area contributed by atoms with Crippen molar-refractivity contribution in [3.8, 4) is 5.75 Å². The van der Waals surface area contributed by atoms with Crippen LogP contribution in [0.1, 0.15) is 0 Å². The van der Waals surface area contributed by atoms with Crippen molar-refractivity contribution >= 4 is 63.2 Å². The van der Waals surface area contributed by atoms with E-state index < -0.39 is 10.4 Å². The summed E-state index contributed by atoms with van der Waals surface area (Å²) < 4.78 is 37.8. The van der Waals surface area contributed by atoms with Crippen molar-refractivity contribution in [1.29, 1.82) is 0 Å². The summed E-state index contributed by atoms with van der Waals surface area (Å²) in [6.45, 7) is -0.376. The molecular formula is C8H9Cl2NaO5S. The Morgan fingerprint density at radius 1 is 1.24 bits per heavy atom. The van der Waals surface area contributed by atoms with Crippen LogP contribution in [0, 0.1) is 0 Å². The predicted octanol–water partition coefficient (Wildman–Crippen LogP) is 1.54. The van der Waals surface area contributed by atoms with Gasteiger partial charge in [-0.05, 0) is 18.2 Å². The molecule has 5 nitrogen and oxygen atoms in total. The van der Waals surface area contributed by atoms with Crippen LogP contribution in [0.4, 0.5) is 0 Å². The van der Waals surface area contributed by atoms with E-state index >= 15 is 0 Å². The SMILES string of the molecule is O=S(=O)(O)OCCOc1ccc(Cl)cc1Cl.[NaH]. The molecule has 0 aliphatic rings. The average Bonchev–Trinajstić information content (AvgIpc) is 2.13.